The van der Waals surface area contributed by atoms with E-state index in [9.17, 15) is 13.6 Å². The van der Waals surface area contributed by atoms with Crippen LogP contribution in [0, 0.1) is 17.3 Å². The van der Waals surface area contributed by atoms with Gasteiger partial charge in [-0.2, -0.15) is 8.78 Å². The van der Waals surface area contributed by atoms with Gasteiger partial charge in [0, 0.05) is 11.8 Å². The Kier molecular flexibility index (Phi) is 2.65. The van der Waals surface area contributed by atoms with Gasteiger partial charge in [0.2, 0.25) is 5.78 Å². The van der Waals surface area contributed by atoms with Gasteiger partial charge < -0.3 is 0 Å². The second-order valence-electron chi connectivity index (χ2n) is 7.31. The second-order valence-corrected chi connectivity index (χ2v) is 7.31. The molecule has 0 unspecified atom stereocenters. The molecule has 2 fully saturated rings. The minimum Gasteiger partial charge on any atom is -0.292 e. The number of hydrogen-bond donors (Lipinski definition) is 0. The summed E-state index contributed by atoms with van der Waals surface area (Å²) in [5.41, 5.74) is 1.92. The second kappa shape index (κ2) is 4.15. The Morgan fingerprint density at radius 2 is 1.95 bits per heavy atom. The summed E-state index contributed by atoms with van der Waals surface area (Å²) in [4.78, 5) is 12.2. The fraction of sp³-hybridized carbons (Fsp3) is 0.611. The summed E-state index contributed by atoms with van der Waals surface area (Å²) in [7, 11) is 0. The van der Waals surface area contributed by atoms with Crippen molar-refractivity contribution in [3.8, 4) is 0 Å². The van der Waals surface area contributed by atoms with Gasteiger partial charge in [0.1, 0.15) is 0 Å². The molecule has 4 rings (SSSR count). The van der Waals surface area contributed by atoms with Gasteiger partial charge in [-0.15, -0.1) is 0 Å². The third-order valence-corrected chi connectivity index (χ3v) is 6.36. The fourth-order valence-corrected chi connectivity index (χ4v) is 5.29. The van der Waals surface area contributed by atoms with E-state index in [2.05, 4.69) is 18.2 Å². The fourth-order valence-electron chi connectivity index (χ4n) is 5.29. The molecule has 1 aromatic carbocycles. The predicted molar refractivity (Wildman–Crippen MR) is 76.4 cm³/mol. The quantitative estimate of drug-likeness (QED) is 0.694. The molecule has 112 valence electrons. The van der Waals surface area contributed by atoms with Crippen LogP contribution in [0.2, 0.25) is 0 Å². The van der Waals surface area contributed by atoms with Crippen LogP contribution in [0.15, 0.2) is 24.3 Å². The number of ketones is 1. The van der Waals surface area contributed by atoms with Gasteiger partial charge in [0.15, 0.2) is 0 Å². The minimum atomic E-state index is -3.11. The van der Waals surface area contributed by atoms with Gasteiger partial charge in [0.05, 0.1) is 0 Å². The van der Waals surface area contributed by atoms with Crippen molar-refractivity contribution in [1.29, 1.82) is 0 Å². The molecular formula is C18H20F2O. The van der Waals surface area contributed by atoms with Crippen LogP contribution < -0.4 is 0 Å². The Morgan fingerprint density at radius 1 is 1.19 bits per heavy atom. The van der Waals surface area contributed by atoms with Crippen molar-refractivity contribution in [2.24, 2.45) is 17.3 Å². The van der Waals surface area contributed by atoms with Crippen LogP contribution >= 0.6 is 0 Å². The maximum atomic E-state index is 14.0. The highest BCUT2D eigenvalue weighted by atomic mass is 19.3. The molecule has 0 aromatic heterocycles. The van der Waals surface area contributed by atoms with E-state index in [4.69, 9.17) is 0 Å². The van der Waals surface area contributed by atoms with Crippen LogP contribution in [0.25, 0.3) is 0 Å². The van der Waals surface area contributed by atoms with Crippen molar-refractivity contribution in [2.45, 2.75) is 50.9 Å². The van der Waals surface area contributed by atoms with Crippen molar-refractivity contribution in [3.63, 3.8) is 0 Å². The van der Waals surface area contributed by atoms with E-state index in [0.29, 0.717) is 12.3 Å². The Balaban J connectivity index is 1.75. The molecule has 21 heavy (non-hydrogen) atoms. The van der Waals surface area contributed by atoms with E-state index in [-0.39, 0.29) is 18.3 Å². The standard InChI is InChI=1S/C18H20F2O/c1-17-9-8-13-12-5-3-2-4-11(12)6-7-14(13)15(17)10-18(19,20)16(17)21/h2-5,13-15H,6-10H2,1H3/t13-,14-,15+,17+/m1/s1. The third-order valence-electron chi connectivity index (χ3n) is 6.36. The highest BCUT2D eigenvalue weighted by Gasteiger charge is 2.65. The molecule has 2 saturated carbocycles. The third kappa shape index (κ3) is 1.69. The Hall–Kier alpha value is -1.25. The first-order chi connectivity index (χ1) is 9.93. The van der Waals surface area contributed by atoms with Crippen LogP contribution in [0.5, 0.6) is 0 Å². The number of aryl methyl sites for hydroxylation is 1. The maximum Gasteiger partial charge on any atom is 0.306 e. The van der Waals surface area contributed by atoms with Crippen LogP contribution in [0.1, 0.15) is 49.7 Å². The molecule has 0 amide bonds. The Morgan fingerprint density at radius 3 is 2.76 bits per heavy atom. The van der Waals surface area contributed by atoms with Crippen molar-refractivity contribution in [1.82, 2.24) is 0 Å². The summed E-state index contributed by atoms with van der Waals surface area (Å²) >= 11 is 0. The van der Waals surface area contributed by atoms with Crippen molar-refractivity contribution in [2.75, 3.05) is 0 Å². The van der Waals surface area contributed by atoms with Crippen LogP contribution in [-0.4, -0.2) is 11.7 Å². The Bertz CT molecular complexity index is 609. The van der Waals surface area contributed by atoms with Crippen LogP contribution in [0.4, 0.5) is 8.78 Å². The number of hydrogen-bond acceptors (Lipinski definition) is 1. The summed E-state index contributed by atoms with van der Waals surface area (Å²) in [6.45, 7) is 1.79. The van der Waals surface area contributed by atoms with Crippen molar-refractivity contribution < 1.29 is 13.6 Å². The number of benzene rings is 1. The number of Topliss-reactive ketones (excluding diaryl/α,β-unsaturated/α-hetero) is 1. The summed E-state index contributed by atoms with van der Waals surface area (Å²) in [6, 6.07) is 8.42. The first-order valence-electron chi connectivity index (χ1n) is 7.94. The molecule has 3 heteroatoms. The molecule has 0 heterocycles. The summed E-state index contributed by atoms with van der Waals surface area (Å²) in [5, 5.41) is 0. The van der Waals surface area contributed by atoms with Gasteiger partial charge in [-0.25, -0.2) is 0 Å². The lowest BCUT2D eigenvalue weighted by Gasteiger charge is -2.47. The largest absolute Gasteiger partial charge is 0.306 e. The number of alkyl halides is 2. The number of carbonyl (C=O) groups excluding carboxylic acids is 1. The van der Waals surface area contributed by atoms with Crippen LogP contribution in [0.3, 0.4) is 0 Å². The van der Waals surface area contributed by atoms with Gasteiger partial charge >= 0.3 is 5.92 Å². The number of halogens is 2. The van der Waals surface area contributed by atoms with Gasteiger partial charge in [-0.3, -0.25) is 4.79 Å². The van der Waals surface area contributed by atoms with E-state index >= 15 is 0 Å². The van der Waals surface area contributed by atoms with E-state index in [1.165, 1.54) is 11.1 Å². The first kappa shape index (κ1) is 13.4. The molecule has 3 aliphatic carbocycles. The lowest BCUT2D eigenvalue weighted by Crippen LogP contribution is -2.43. The summed E-state index contributed by atoms with van der Waals surface area (Å²) < 4.78 is 28.0. The topological polar surface area (TPSA) is 17.1 Å². The maximum absolute atomic E-state index is 14.0. The number of fused-ring (bicyclic) bond motifs is 5. The smallest absolute Gasteiger partial charge is 0.292 e. The van der Waals surface area contributed by atoms with E-state index < -0.39 is 17.1 Å². The molecule has 1 aromatic rings. The highest BCUT2D eigenvalue weighted by molar-refractivity contribution is 5.93. The summed E-state index contributed by atoms with van der Waals surface area (Å²) in [5.74, 6) is -3.43. The lowest BCUT2D eigenvalue weighted by molar-refractivity contribution is -0.146. The average Bonchev–Trinajstić information content (AvgIpc) is 2.67. The number of rotatable bonds is 0. The molecule has 0 bridgehead atoms. The first-order valence-corrected chi connectivity index (χ1v) is 7.94. The van der Waals surface area contributed by atoms with Crippen molar-refractivity contribution in [3.05, 3.63) is 35.4 Å². The highest BCUT2D eigenvalue weighted by Crippen LogP contribution is 2.62. The predicted octanol–water partition coefficient (Wildman–Crippen LogP) is 4.36. The van der Waals surface area contributed by atoms with Gasteiger partial charge in [-0.1, -0.05) is 31.2 Å². The molecule has 0 saturated heterocycles. The molecule has 0 aliphatic heterocycles. The van der Waals surface area contributed by atoms with Crippen LogP contribution in [-0.2, 0) is 11.2 Å². The molecule has 0 radical (unpaired) electrons. The van der Waals surface area contributed by atoms with Gasteiger partial charge in [-0.05, 0) is 54.6 Å². The molecule has 0 spiro atoms. The molecule has 3 aliphatic rings. The average molecular weight is 290 g/mol. The zero-order chi connectivity index (χ0) is 14.8. The summed E-state index contributed by atoms with van der Waals surface area (Å²) in [6.07, 6.45) is 3.17. The zero-order valence-electron chi connectivity index (χ0n) is 12.2. The van der Waals surface area contributed by atoms with E-state index in [1.54, 1.807) is 6.92 Å². The monoisotopic (exact) mass is 290 g/mol. The lowest BCUT2D eigenvalue weighted by atomic mass is 9.55. The van der Waals surface area contributed by atoms with E-state index in [1.807, 2.05) is 6.07 Å². The molecule has 0 N–H and O–H groups in total. The minimum absolute atomic E-state index is 0.146. The normalized spacial score (nSPS) is 40.3. The van der Waals surface area contributed by atoms with Gasteiger partial charge in [0.25, 0.3) is 0 Å². The molecule has 4 atom stereocenters. The van der Waals surface area contributed by atoms with E-state index in [0.717, 1.165) is 19.3 Å². The molecular weight excluding hydrogens is 270 g/mol. The zero-order valence-corrected chi connectivity index (χ0v) is 12.2. The Labute approximate surface area is 123 Å². The van der Waals surface area contributed by atoms with Crippen molar-refractivity contribution >= 4 is 5.78 Å². The molecule has 1 nitrogen and oxygen atoms in total. The SMILES string of the molecule is C[C@]12CC[C@@H]3c4ccccc4CC[C@H]3[C@@H]1CC(F)(F)C2=O. The number of carbonyl (C=O) groups is 1.